The number of aromatic nitrogens is 5. The topological polar surface area (TPSA) is 104 Å². The molecule has 9 nitrogen and oxygen atoms in total. The van der Waals surface area contributed by atoms with Crippen molar-refractivity contribution >= 4 is 5.91 Å². The molecular weight excluding hydrogens is 420 g/mol. The van der Waals surface area contributed by atoms with E-state index in [1.807, 2.05) is 54.6 Å². The van der Waals surface area contributed by atoms with Crippen molar-refractivity contribution in [3.8, 4) is 28.8 Å². The summed E-state index contributed by atoms with van der Waals surface area (Å²) in [5, 5.41) is 15.4. The molecule has 0 aliphatic carbocycles. The van der Waals surface area contributed by atoms with Crippen LogP contribution in [0.5, 0.6) is 17.4 Å². The van der Waals surface area contributed by atoms with Crippen LogP contribution in [0.3, 0.4) is 0 Å². The number of pyridine rings is 1. The zero-order valence-electron chi connectivity index (χ0n) is 18.2. The average Bonchev–Trinajstić information content (AvgIpc) is 3.33. The van der Waals surface area contributed by atoms with Crippen LogP contribution in [0.15, 0.2) is 72.9 Å². The lowest BCUT2D eigenvalue weighted by atomic mass is 10.2. The molecule has 1 amide bonds. The van der Waals surface area contributed by atoms with E-state index in [1.165, 1.54) is 4.80 Å². The molecule has 2 aromatic carbocycles. The Morgan fingerprint density at radius 2 is 1.88 bits per heavy atom. The number of hydrogen-bond acceptors (Lipinski definition) is 7. The van der Waals surface area contributed by atoms with Crippen molar-refractivity contribution in [2.45, 2.75) is 25.9 Å². The molecule has 0 atom stereocenters. The first-order chi connectivity index (χ1) is 16.2. The highest BCUT2D eigenvalue weighted by molar-refractivity contribution is 5.75. The van der Waals surface area contributed by atoms with Gasteiger partial charge >= 0.3 is 0 Å². The molecule has 1 N–H and O–H groups in total. The number of tetrazole rings is 1. The second kappa shape index (κ2) is 10.9. The number of carbonyl (C=O) groups is 1. The molecule has 9 heteroatoms. The predicted octanol–water partition coefficient (Wildman–Crippen LogP) is 3.63. The third-order valence-electron chi connectivity index (χ3n) is 4.80. The maximum atomic E-state index is 12.2. The monoisotopic (exact) mass is 444 g/mol. The Labute approximate surface area is 191 Å². The van der Waals surface area contributed by atoms with Crippen LogP contribution in [0.25, 0.3) is 11.4 Å². The Hall–Kier alpha value is -4.27. The van der Waals surface area contributed by atoms with Crippen molar-refractivity contribution in [1.29, 1.82) is 0 Å². The molecule has 0 bridgehead atoms. The molecular formula is C24H24N6O3. The quantitative estimate of drug-likeness (QED) is 0.398. The molecule has 2 aromatic heterocycles. The lowest BCUT2D eigenvalue weighted by Crippen LogP contribution is -2.23. The van der Waals surface area contributed by atoms with Gasteiger partial charge in [0.2, 0.25) is 17.6 Å². The first kappa shape index (κ1) is 21.9. The number of methoxy groups -OCH3 is 1. The van der Waals surface area contributed by atoms with Gasteiger partial charge in [0, 0.05) is 36.9 Å². The number of hydrogen-bond donors (Lipinski definition) is 1. The fourth-order valence-electron chi connectivity index (χ4n) is 3.07. The summed E-state index contributed by atoms with van der Waals surface area (Å²) in [7, 11) is 1.60. The van der Waals surface area contributed by atoms with E-state index in [-0.39, 0.29) is 5.91 Å². The SMILES string of the molecule is COc1cccc(Oc2ccc(CNC(=O)CCCn3nnc(-c4ccccc4)n3)cn2)c1. The standard InChI is InChI=1S/C24H24N6O3/c1-32-20-9-5-10-21(15-20)33-23-13-12-18(17-26-23)16-25-22(31)11-6-14-30-28-24(27-29-30)19-7-3-2-4-8-19/h2-5,7-10,12-13,15,17H,6,11,14,16H2,1H3,(H,25,31). The van der Waals surface area contributed by atoms with Gasteiger partial charge in [0.1, 0.15) is 11.5 Å². The summed E-state index contributed by atoms with van der Waals surface area (Å²) in [6.07, 6.45) is 2.66. The minimum atomic E-state index is -0.0462. The molecule has 0 radical (unpaired) electrons. The summed E-state index contributed by atoms with van der Waals surface area (Å²) in [6, 6.07) is 20.6. The third kappa shape index (κ3) is 6.36. The van der Waals surface area contributed by atoms with E-state index < -0.39 is 0 Å². The molecule has 168 valence electrons. The second-order valence-electron chi connectivity index (χ2n) is 7.24. The van der Waals surface area contributed by atoms with E-state index in [1.54, 1.807) is 25.4 Å². The van der Waals surface area contributed by atoms with Crippen molar-refractivity contribution in [2.75, 3.05) is 7.11 Å². The Bertz CT molecular complexity index is 1180. The van der Waals surface area contributed by atoms with Gasteiger partial charge in [-0.1, -0.05) is 42.5 Å². The van der Waals surface area contributed by atoms with Crippen LogP contribution in [0.4, 0.5) is 0 Å². The van der Waals surface area contributed by atoms with Gasteiger partial charge in [-0.3, -0.25) is 4.79 Å². The first-order valence-corrected chi connectivity index (χ1v) is 10.6. The van der Waals surface area contributed by atoms with Crippen molar-refractivity contribution in [3.63, 3.8) is 0 Å². The number of aryl methyl sites for hydroxylation is 1. The van der Waals surface area contributed by atoms with Gasteiger partial charge in [-0.05, 0) is 29.3 Å². The van der Waals surface area contributed by atoms with Gasteiger partial charge in [-0.2, -0.15) is 4.80 Å². The number of benzene rings is 2. The number of carbonyl (C=O) groups excluding carboxylic acids is 1. The summed E-state index contributed by atoms with van der Waals surface area (Å²) in [5.41, 5.74) is 1.79. The van der Waals surface area contributed by atoms with Gasteiger partial charge in [-0.15, -0.1) is 10.2 Å². The van der Waals surface area contributed by atoms with Crippen molar-refractivity contribution < 1.29 is 14.3 Å². The molecule has 0 unspecified atom stereocenters. The van der Waals surface area contributed by atoms with E-state index in [9.17, 15) is 4.79 Å². The van der Waals surface area contributed by atoms with Crippen LogP contribution in [0, 0.1) is 0 Å². The fourth-order valence-corrected chi connectivity index (χ4v) is 3.07. The molecule has 0 fully saturated rings. The van der Waals surface area contributed by atoms with Crippen molar-refractivity contribution in [1.82, 2.24) is 30.5 Å². The Morgan fingerprint density at radius 1 is 1.03 bits per heavy atom. The Morgan fingerprint density at radius 3 is 2.67 bits per heavy atom. The number of nitrogens with one attached hydrogen (secondary N) is 1. The zero-order chi connectivity index (χ0) is 22.9. The van der Waals surface area contributed by atoms with Crippen LogP contribution in [0.1, 0.15) is 18.4 Å². The lowest BCUT2D eigenvalue weighted by Gasteiger charge is -2.08. The zero-order valence-corrected chi connectivity index (χ0v) is 18.2. The van der Waals surface area contributed by atoms with Gasteiger partial charge in [-0.25, -0.2) is 4.98 Å². The van der Waals surface area contributed by atoms with Crippen LogP contribution in [-0.2, 0) is 17.9 Å². The van der Waals surface area contributed by atoms with Crippen molar-refractivity contribution in [2.24, 2.45) is 0 Å². The molecule has 4 aromatic rings. The van der Waals surface area contributed by atoms with E-state index in [4.69, 9.17) is 9.47 Å². The van der Waals surface area contributed by atoms with Crippen molar-refractivity contribution in [3.05, 3.63) is 78.5 Å². The molecule has 0 saturated heterocycles. The Balaban J connectivity index is 1.19. The molecule has 33 heavy (non-hydrogen) atoms. The maximum Gasteiger partial charge on any atom is 0.220 e. The summed E-state index contributed by atoms with van der Waals surface area (Å²) in [6.45, 7) is 0.913. The first-order valence-electron chi connectivity index (χ1n) is 10.6. The third-order valence-corrected chi connectivity index (χ3v) is 4.80. The number of ether oxygens (including phenoxy) is 2. The summed E-state index contributed by atoms with van der Waals surface area (Å²) < 4.78 is 10.9. The largest absolute Gasteiger partial charge is 0.497 e. The molecule has 0 spiro atoms. The van der Waals surface area contributed by atoms with E-state index >= 15 is 0 Å². The van der Waals surface area contributed by atoms with Crippen LogP contribution < -0.4 is 14.8 Å². The van der Waals surface area contributed by atoms with Gasteiger partial charge < -0.3 is 14.8 Å². The van der Waals surface area contributed by atoms with Crippen LogP contribution in [-0.4, -0.2) is 38.2 Å². The molecule has 0 saturated carbocycles. The van der Waals surface area contributed by atoms with Gasteiger partial charge in [0.15, 0.2) is 0 Å². The maximum absolute atomic E-state index is 12.2. The highest BCUT2D eigenvalue weighted by atomic mass is 16.5. The number of amides is 1. The highest BCUT2D eigenvalue weighted by Gasteiger charge is 2.07. The summed E-state index contributed by atoms with van der Waals surface area (Å²) >= 11 is 0. The minimum Gasteiger partial charge on any atom is -0.497 e. The molecule has 0 aliphatic rings. The highest BCUT2D eigenvalue weighted by Crippen LogP contribution is 2.23. The minimum absolute atomic E-state index is 0.0462. The predicted molar refractivity (Wildman–Crippen MR) is 122 cm³/mol. The number of rotatable bonds is 10. The van der Waals surface area contributed by atoms with Gasteiger partial charge in [0.05, 0.1) is 13.7 Å². The normalized spacial score (nSPS) is 10.6. The Kier molecular flexibility index (Phi) is 7.22. The smallest absolute Gasteiger partial charge is 0.220 e. The van der Waals surface area contributed by atoms with Crippen LogP contribution >= 0.6 is 0 Å². The van der Waals surface area contributed by atoms with E-state index in [2.05, 4.69) is 25.7 Å². The lowest BCUT2D eigenvalue weighted by molar-refractivity contribution is -0.121. The molecule has 2 heterocycles. The fraction of sp³-hybridized carbons (Fsp3) is 0.208. The average molecular weight is 444 g/mol. The molecule has 0 aliphatic heterocycles. The molecule has 4 rings (SSSR count). The van der Waals surface area contributed by atoms with E-state index in [0.717, 1.165) is 11.1 Å². The summed E-state index contributed by atoms with van der Waals surface area (Å²) in [5.74, 6) is 2.35. The van der Waals surface area contributed by atoms with Gasteiger partial charge in [0.25, 0.3) is 0 Å². The second-order valence-corrected chi connectivity index (χ2v) is 7.24. The van der Waals surface area contributed by atoms with Crippen LogP contribution in [0.2, 0.25) is 0 Å². The summed E-state index contributed by atoms with van der Waals surface area (Å²) in [4.78, 5) is 18.0. The van der Waals surface area contributed by atoms with E-state index in [0.29, 0.717) is 49.1 Å². The number of nitrogens with zero attached hydrogens (tertiary/aromatic N) is 5.